The number of aliphatic hydroxyl groups excluding tert-OH is 1. The van der Waals surface area contributed by atoms with E-state index in [-0.39, 0.29) is 21.9 Å². The van der Waals surface area contributed by atoms with Gasteiger partial charge in [-0.1, -0.05) is 12.8 Å². The highest BCUT2D eigenvalue weighted by molar-refractivity contribution is 9.10. The van der Waals surface area contributed by atoms with Crippen LogP contribution in [-0.4, -0.2) is 22.2 Å². The van der Waals surface area contributed by atoms with Crippen LogP contribution in [0.4, 0.5) is 15.8 Å². The number of benzene rings is 1. The first-order chi connectivity index (χ1) is 8.99. The van der Waals surface area contributed by atoms with Gasteiger partial charge >= 0.3 is 0 Å². The van der Waals surface area contributed by atoms with Crippen LogP contribution in [0.2, 0.25) is 0 Å². The van der Waals surface area contributed by atoms with Gasteiger partial charge in [-0.2, -0.15) is 0 Å². The van der Waals surface area contributed by atoms with Crippen molar-refractivity contribution in [3.05, 3.63) is 32.5 Å². The molecule has 104 valence electrons. The Morgan fingerprint density at radius 1 is 1.42 bits per heavy atom. The molecular weight excluding hydrogens is 319 g/mol. The Labute approximate surface area is 118 Å². The number of nitro benzene ring substituents is 1. The molecule has 0 heterocycles. The van der Waals surface area contributed by atoms with E-state index < -0.39 is 16.8 Å². The lowest BCUT2D eigenvalue weighted by molar-refractivity contribution is -0.384. The van der Waals surface area contributed by atoms with Crippen molar-refractivity contribution in [3.8, 4) is 0 Å². The Bertz CT molecular complexity index is 498. The molecule has 1 aromatic rings. The molecule has 0 amide bonds. The molecule has 2 N–H and O–H groups in total. The Kier molecular flexibility index (Phi) is 4.36. The summed E-state index contributed by atoms with van der Waals surface area (Å²) in [5.74, 6) is -0.679. The topological polar surface area (TPSA) is 75.4 Å². The molecule has 2 unspecified atom stereocenters. The Morgan fingerprint density at radius 2 is 2.11 bits per heavy atom. The van der Waals surface area contributed by atoms with Gasteiger partial charge in [-0.25, -0.2) is 4.39 Å². The van der Waals surface area contributed by atoms with Gasteiger partial charge in [0.2, 0.25) is 0 Å². The standard InChI is InChI=1S/C12H14BrFN2O3/c13-7-5-10(11(16(18)19)6-8(7)14)15-9-3-1-2-4-12(9)17/h5-6,9,12,15,17H,1-4H2. The molecule has 1 aromatic carbocycles. The van der Waals surface area contributed by atoms with Crippen LogP contribution >= 0.6 is 15.9 Å². The van der Waals surface area contributed by atoms with E-state index in [1.54, 1.807) is 0 Å². The van der Waals surface area contributed by atoms with Crippen LogP contribution in [0.25, 0.3) is 0 Å². The van der Waals surface area contributed by atoms with E-state index in [4.69, 9.17) is 0 Å². The van der Waals surface area contributed by atoms with E-state index in [0.717, 1.165) is 25.3 Å². The van der Waals surface area contributed by atoms with Gasteiger partial charge in [0.25, 0.3) is 5.69 Å². The number of anilines is 1. The zero-order valence-corrected chi connectivity index (χ0v) is 11.7. The van der Waals surface area contributed by atoms with Crippen LogP contribution in [0, 0.1) is 15.9 Å². The second kappa shape index (κ2) is 5.83. The van der Waals surface area contributed by atoms with Gasteiger partial charge in [0, 0.05) is 0 Å². The third kappa shape index (κ3) is 3.22. The summed E-state index contributed by atoms with van der Waals surface area (Å²) >= 11 is 3.01. The lowest BCUT2D eigenvalue weighted by Crippen LogP contribution is -2.36. The fourth-order valence-electron chi connectivity index (χ4n) is 2.28. The van der Waals surface area contributed by atoms with Gasteiger partial charge in [-0.05, 0) is 34.8 Å². The first-order valence-electron chi connectivity index (χ1n) is 6.07. The van der Waals surface area contributed by atoms with Crippen molar-refractivity contribution in [2.45, 2.75) is 37.8 Å². The molecule has 0 aromatic heterocycles. The molecule has 0 saturated heterocycles. The maximum atomic E-state index is 13.3. The summed E-state index contributed by atoms with van der Waals surface area (Å²) in [7, 11) is 0. The van der Waals surface area contributed by atoms with E-state index in [1.807, 2.05) is 0 Å². The van der Waals surface area contributed by atoms with Crippen LogP contribution in [0.15, 0.2) is 16.6 Å². The summed E-state index contributed by atoms with van der Waals surface area (Å²) in [5, 5.41) is 23.8. The highest BCUT2D eigenvalue weighted by Crippen LogP contribution is 2.32. The van der Waals surface area contributed by atoms with E-state index in [0.29, 0.717) is 6.42 Å². The number of nitrogens with zero attached hydrogens (tertiary/aromatic N) is 1. The molecular formula is C12H14BrFN2O3. The molecule has 1 aliphatic rings. The van der Waals surface area contributed by atoms with Crippen LogP contribution in [-0.2, 0) is 0 Å². The number of nitro groups is 1. The number of aliphatic hydroxyl groups is 1. The van der Waals surface area contributed by atoms with Gasteiger partial charge in [0.1, 0.15) is 11.5 Å². The number of nitrogens with one attached hydrogen (secondary N) is 1. The van der Waals surface area contributed by atoms with Crippen LogP contribution in [0.5, 0.6) is 0 Å². The van der Waals surface area contributed by atoms with Gasteiger partial charge < -0.3 is 10.4 Å². The van der Waals surface area contributed by atoms with Crippen LogP contribution < -0.4 is 5.32 Å². The fourth-order valence-corrected chi connectivity index (χ4v) is 2.63. The molecule has 0 radical (unpaired) electrons. The molecule has 0 aliphatic heterocycles. The molecule has 2 rings (SSSR count). The Morgan fingerprint density at radius 3 is 2.74 bits per heavy atom. The normalized spacial score (nSPS) is 23.1. The molecule has 0 spiro atoms. The van der Waals surface area contributed by atoms with Gasteiger partial charge in [0.15, 0.2) is 0 Å². The number of hydrogen-bond acceptors (Lipinski definition) is 4. The fraction of sp³-hybridized carbons (Fsp3) is 0.500. The Balaban J connectivity index is 2.27. The Hall–Kier alpha value is -1.21. The highest BCUT2D eigenvalue weighted by Gasteiger charge is 2.26. The first-order valence-corrected chi connectivity index (χ1v) is 6.86. The molecule has 1 saturated carbocycles. The molecule has 19 heavy (non-hydrogen) atoms. The lowest BCUT2D eigenvalue weighted by Gasteiger charge is -2.29. The monoisotopic (exact) mass is 332 g/mol. The van der Waals surface area contributed by atoms with Crippen molar-refractivity contribution in [1.82, 2.24) is 0 Å². The molecule has 1 fully saturated rings. The van der Waals surface area contributed by atoms with Gasteiger partial charge in [0.05, 0.1) is 27.6 Å². The largest absolute Gasteiger partial charge is 0.391 e. The van der Waals surface area contributed by atoms with Crippen LogP contribution in [0.1, 0.15) is 25.7 Å². The maximum Gasteiger partial charge on any atom is 0.295 e. The molecule has 5 nitrogen and oxygen atoms in total. The minimum atomic E-state index is -0.679. The average molecular weight is 333 g/mol. The van der Waals surface area contributed by atoms with Crippen LogP contribution in [0.3, 0.4) is 0 Å². The molecule has 0 bridgehead atoms. The zero-order chi connectivity index (χ0) is 14.0. The smallest absolute Gasteiger partial charge is 0.295 e. The molecule has 1 aliphatic carbocycles. The quantitative estimate of drug-likeness (QED) is 0.658. The summed E-state index contributed by atoms with van der Waals surface area (Å²) in [4.78, 5) is 10.3. The van der Waals surface area contributed by atoms with Crippen molar-refractivity contribution in [2.24, 2.45) is 0 Å². The first kappa shape index (κ1) is 14.2. The van der Waals surface area contributed by atoms with E-state index in [9.17, 15) is 19.6 Å². The van der Waals surface area contributed by atoms with Crippen molar-refractivity contribution < 1.29 is 14.4 Å². The van der Waals surface area contributed by atoms with Crippen molar-refractivity contribution in [3.63, 3.8) is 0 Å². The second-order valence-electron chi connectivity index (χ2n) is 4.64. The van der Waals surface area contributed by atoms with E-state index in [1.165, 1.54) is 6.07 Å². The van der Waals surface area contributed by atoms with E-state index in [2.05, 4.69) is 21.2 Å². The number of halogens is 2. The summed E-state index contributed by atoms with van der Waals surface area (Å²) < 4.78 is 13.5. The third-order valence-corrected chi connectivity index (χ3v) is 3.91. The maximum absolute atomic E-state index is 13.3. The van der Waals surface area contributed by atoms with E-state index >= 15 is 0 Å². The predicted octanol–water partition coefficient (Wildman–Crippen LogP) is 3.21. The summed E-state index contributed by atoms with van der Waals surface area (Å²) in [6, 6.07) is 1.99. The summed E-state index contributed by atoms with van der Waals surface area (Å²) in [5.41, 5.74) is -0.0947. The second-order valence-corrected chi connectivity index (χ2v) is 5.50. The number of hydrogen-bond donors (Lipinski definition) is 2. The van der Waals surface area contributed by atoms with Crippen molar-refractivity contribution >= 4 is 27.3 Å². The summed E-state index contributed by atoms with van der Waals surface area (Å²) in [6.45, 7) is 0. The van der Waals surface area contributed by atoms with Crippen molar-refractivity contribution in [1.29, 1.82) is 0 Å². The van der Waals surface area contributed by atoms with Gasteiger partial charge in [-0.3, -0.25) is 10.1 Å². The third-order valence-electron chi connectivity index (χ3n) is 3.31. The highest BCUT2D eigenvalue weighted by atomic mass is 79.9. The average Bonchev–Trinajstić information content (AvgIpc) is 2.36. The predicted molar refractivity (Wildman–Crippen MR) is 72.6 cm³/mol. The zero-order valence-electron chi connectivity index (χ0n) is 10.1. The molecule has 7 heteroatoms. The number of rotatable bonds is 3. The molecule has 2 atom stereocenters. The summed E-state index contributed by atoms with van der Waals surface area (Å²) in [6.07, 6.45) is 2.80. The SMILES string of the molecule is O=[N+]([O-])c1cc(F)c(Br)cc1NC1CCCCC1O. The van der Waals surface area contributed by atoms with Gasteiger partial charge in [-0.15, -0.1) is 0 Å². The minimum Gasteiger partial charge on any atom is -0.391 e. The minimum absolute atomic E-state index is 0.158. The lowest BCUT2D eigenvalue weighted by atomic mass is 9.92. The van der Waals surface area contributed by atoms with Crippen molar-refractivity contribution in [2.75, 3.05) is 5.32 Å².